The van der Waals surface area contributed by atoms with Gasteiger partial charge in [0.25, 0.3) is 5.91 Å². The van der Waals surface area contributed by atoms with Crippen molar-refractivity contribution in [2.45, 2.75) is 13.0 Å². The maximum Gasteiger partial charge on any atom is 0.267 e. The van der Waals surface area contributed by atoms with E-state index in [0.717, 1.165) is 24.6 Å². The van der Waals surface area contributed by atoms with E-state index in [1.54, 1.807) is 17.4 Å². The van der Waals surface area contributed by atoms with Gasteiger partial charge in [0.15, 0.2) is 0 Å². The van der Waals surface area contributed by atoms with Crippen LogP contribution in [0.25, 0.3) is 16.2 Å². The van der Waals surface area contributed by atoms with E-state index in [4.69, 9.17) is 5.21 Å². The number of hydrogen-bond donors (Lipinski definition) is 3. The molecule has 6 heteroatoms. The van der Waals surface area contributed by atoms with Gasteiger partial charge in [-0.15, -0.1) is 11.3 Å². The molecule has 1 aromatic heterocycles. The summed E-state index contributed by atoms with van der Waals surface area (Å²) in [6.07, 6.45) is 3.30. The summed E-state index contributed by atoms with van der Waals surface area (Å²) < 4.78 is 15.3. The van der Waals surface area contributed by atoms with Crippen molar-refractivity contribution in [3.8, 4) is 0 Å². The maximum absolute atomic E-state index is 14.0. The van der Waals surface area contributed by atoms with Gasteiger partial charge in [0, 0.05) is 22.9 Å². The number of thiophene rings is 1. The Bertz CT molecular complexity index is 936. The Hall–Kier alpha value is -2.54. The molecule has 1 amide bonds. The molecular weight excluding hydrogens is 351 g/mol. The number of nitrogens with one attached hydrogen (secondary N) is 2. The lowest BCUT2D eigenvalue weighted by atomic mass is 10.1. The summed E-state index contributed by atoms with van der Waals surface area (Å²) in [7, 11) is 0. The van der Waals surface area contributed by atoms with Crippen LogP contribution in [0.4, 0.5) is 4.39 Å². The van der Waals surface area contributed by atoms with Gasteiger partial charge < -0.3 is 5.32 Å². The molecule has 0 aliphatic carbocycles. The van der Waals surface area contributed by atoms with Crippen LogP contribution in [0.2, 0.25) is 0 Å². The van der Waals surface area contributed by atoms with Gasteiger partial charge in [0.2, 0.25) is 0 Å². The SMILES string of the molecule is O=C(/C=C/c1ccc(CNCCc2ccc3ccsc3c2)cc1F)NO. The highest BCUT2D eigenvalue weighted by atomic mass is 32.1. The van der Waals surface area contributed by atoms with E-state index < -0.39 is 11.7 Å². The minimum atomic E-state index is -0.698. The summed E-state index contributed by atoms with van der Waals surface area (Å²) in [6.45, 7) is 1.37. The first-order valence-corrected chi connectivity index (χ1v) is 9.11. The summed E-state index contributed by atoms with van der Waals surface area (Å²) >= 11 is 1.74. The van der Waals surface area contributed by atoms with Crippen LogP contribution in [0.1, 0.15) is 16.7 Å². The smallest absolute Gasteiger partial charge is 0.267 e. The van der Waals surface area contributed by atoms with E-state index in [2.05, 4.69) is 35.0 Å². The lowest BCUT2D eigenvalue weighted by Gasteiger charge is -2.07. The fourth-order valence-corrected chi connectivity index (χ4v) is 3.49. The summed E-state index contributed by atoms with van der Waals surface area (Å²) in [4.78, 5) is 10.9. The van der Waals surface area contributed by atoms with Crippen molar-refractivity contribution < 1.29 is 14.4 Å². The third-order valence-electron chi connectivity index (χ3n) is 4.03. The minimum absolute atomic E-state index is 0.293. The first kappa shape index (κ1) is 18.3. The van der Waals surface area contributed by atoms with Crippen LogP contribution < -0.4 is 10.8 Å². The number of rotatable bonds is 7. The van der Waals surface area contributed by atoms with Gasteiger partial charge in [0.05, 0.1) is 0 Å². The van der Waals surface area contributed by atoms with Crippen LogP contribution in [0.15, 0.2) is 53.9 Å². The molecule has 0 saturated carbocycles. The van der Waals surface area contributed by atoms with E-state index in [1.807, 2.05) is 6.07 Å². The zero-order chi connectivity index (χ0) is 18.4. The number of carbonyl (C=O) groups excluding carboxylic acids is 1. The molecule has 3 N–H and O–H groups in total. The summed E-state index contributed by atoms with van der Waals surface area (Å²) in [5.41, 5.74) is 3.87. The topological polar surface area (TPSA) is 61.4 Å². The minimum Gasteiger partial charge on any atom is -0.312 e. The van der Waals surface area contributed by atoms with Crippen molar-refractivity contribution in [2.24, 2.45) is 0 Å². The van der Waals surface area contributed by atoms with Crippen LogP contribution in [-0.2, 0) is 17.8 Å². The Labute approximate surface area is 154 Å². The Morgan fingerprint density at radius 1 is 1.15 bits per heavy atom. The third kappa shape index (κ3) is 4.76. The van der Waals surface area contributed by atoms with Crippen molar-refractivity contribution >= 4 is 33.4 Å². The third-order valence-corrected chi connectivity index (χ3v) is 4.91. The Kier molecular flexibility index (Phi) is 6.12. The molecular formula is C20H19FN2O2S. The molecule has 3 rings (SSSR count). The lowest BCUT2D eigenvalue weighted by Crippen LogP contribution is -2.16. The van der Waals surface area contributed by atoms with E-state index in [1.165, 1.54) is 33.3 Å². The molecule has 0 aliphatic rings. The molecule has 0 bridgehead atoms. The predicted octanol–water partition coefficient (Wildman–Crippen LogP) is 3.89. The van der Waals surface area contributed by atoms with Crippen molar-refractivity contribution in [1.82, 2.24) is 10.8 Å². The van der Waals surface area contributed by atoms with Crippen molar-refractivity contribution in [3.63, 3.8) is 0 Å². The molecule has 0 saturated heterocycles. The number of benzene rings is 2. The molecule has 0 atom stereocenters. The Morgan fingerprint density at radius 3 is 2.81 bits per heavy atom. The van der Waals surface area contributed by atoms with Crippen LogP contribution in [-0.4, -0.2) is 17.7 Å². The molecule has 4 nitrogen and oxygen atoms in total. The number of amides is 1. The summed E-state index contributed by atoms with van der Waals surface area (Å²) in [5, 5.41) is 15.1. The van der Waals surface area contributed by atoms with E-state index >= 15 is 0 Å². The standard InChI is InChI=1S/C20H19FN2O2S/c21-18-11-15(2-3-16(18)5-6-20(24)23-25)13-22-9-7-14-1-4-17-8-10-26-19(17)12-14/h1-6,8,10-12,22,25H,7,9,13H2,(H,23,24)/b6-5+. The highest BCUT2D eigenvalue weighted by Crippen LogP contribution is 2.22. The maximum atomic E-state index is 14.0. The molecule has 26 heavy (non-hydrogen) atoms. The monoisotopic (exact) mass is 370 g/mol. The fraction of sp³-hybridized carbons (Fsp3) is 0.150. The van der Waals surface area contributed by atoms with Crippen LogP contribution in [0.5, 0.6) is 0 Å². The van der Waals surface area contributed by atoms with Gasteiger partial charge >= 0.3 is 0 Å². The number of hydroxylamine groups is 1. The second kappa shape index (κ2) is 8.71. The van der Waals surface area contributed by atoms with Crippen molar-refractivity contribution in [2.75, 3.05) is 6.54 Å². The van der Waals surface area contributed by atoms with Crippen molar-refractivity contribution in [3.05, 3.63) is 76.4 Å². The quantitative estimate of drug-likeness (QED) is 0.256. The highest BCUT2D eigenvalue weighted by Gasteiger charge is 2.03. The fourth-order valence-electron chi connectivity index (χ4n) is 2.64. The van der Waals surface area contributed by atoms with E-state index in [0.29, 0.717) is 12.1 Å². The molecule has 134 valence electrons. The first-order valence-electron chi connectivity index (χ1n) is 8.23. The number of hydrogen-bond acceptors (Lipinski definition) is 4. The molecule has 0 spiro atoms. The van der Waals surface area contributed by atoms with Crippen molar-refractivity contribution in [1.29, 1.82) is 0 Å². The average molecular weight is 370 g/mol. The average Bonchev–Trinajstić information content (AvgIpc) is 3.12. The molecule has 0 radical (unpaired) electrons. The Balaban J connectivity index is 1.50. The number of carbonyl (C=O) groups is 1. The summed E-state index contributed by atoms with van der Waals surface area (Å²) in [5.74, 6) is -1.11. The normalized spacial score (nSPS) is 11.3. The van der Waals surface area contributed by atoms with Gasteiger partial charge in [-0.3, -0.25) is 10.0 Å². The van der Waals surface area contributed by atoms with Gasteiger partial charge in [0.1, 0.15) is 5.82 Å². The molecule has 0 aliphatic heterocycles. The molecule has 2 aromatic carbocycles. The number of halogens is 1. The van der Waals surface area contributed by atoms with Gasteiger partial charge in [-0.1, -0.05) is 24.3 Å². The van der Waals surface area contributed by atoms with E-state index in [9.17, 15) is 9.18 Å². The molecule has 1 heterocycles. The Morgan fingerprint density at radius 2 is 2.00 bits per heavy atom. The van der Waals surface area contributed by atoms with E-state index in [-0.39, 0.29) is 0 Å². The first-order chi connectivity index (χ1) is 12.7. The van der Waals surface area contributed by atoms with Gasteiger partial charge in [-0.2, -0.15) is 0 Å². The van der Waals surface area contributed by atoms with Crippen LogP contribution in [0, 0.1) is 5.82 Å². The molecule has 0 fully saturated rings. The zero-order valence-electron chi connectivity index (χ0n) is 14.0. The summed E-state index contributed by atoms with van der Waals surface area (Å²) in [6, 6.07) is 13.5. The number of fused-ring (bicyclic) bond motifs is 1. The predicted molar refractivity (Wildman–Crippen MR) is 103 cm³/mol. The molecule has 3 aromatic rings. The van der Waals surface area contributed by atoms with Gasteiger partial charge in [-0.05, 0) is 59.1 Å². The largest absolute Gasteiger partial charge is 0.312 e. The highest BCUT2D eigenvalue weighted by molar-refractivity contribution is 7.17. The van der Waals surface area contributed by atoms with Crippen LogP contribution >= 0.6 is 11.3 Å². The lowest BCUT2D eigenvalue weighted by molar-refractivity contribution is -0.124. The van der Waals surface area contributed by atoms with Crippen LogP contribution in [0.3, 0.4) is 0 Å². The molecule has 0 unspecified atom stereocenters. The second-order valence-electron chi connectivity index (χ2n) is 5.88. The second-order valence-corrected chi connectivity index (χ2v) is 6.83. The van der Waals surface area contributed by atoms with Gasteiger partial charge in [-0.25, -0.2) is 9.87 Å². The zero-order valence-corrected chi connectivity index (χ0v) is 14.9.